The number of methoxy groups -OCH3 is 1. The molecule has 0 saturated heterocycles. The van der Waals surface area contributed by atoms with E-state index >= 15 is 0 Å². The number of carbonyl (C=O) groups is 1. The van der Waals surface area contributed by atoms with E-state index in [9.17, 15) is 9.90 Å². The van der Waals surface area contributed by atoms with Gasteiger partial charge in [-0.2, -0.15) is 5.10 Å². The minimum Gasteiger partial charge on any atom is -0.481 e. The second-order valence-corrected chi connectivity index (χ2v) is 4.50. The number of aromatic nitrogens is 3. The SMILES string of the molecule is COc1cc(CNc2nnc(C)c(C)c2C(=O)O)ccn1. The van der Waals surface area contributed by atoms with Crippen molar-refractivity contribution in [3.05, 3.63) is 40.7 Å². The Bertz CT molecular complexity index is 673. The molecule has 2 heterocycles. The number of hydrogen-bond donors (Lipinski definition) is 2. The summed E-state index contributed by atoms with van der Waals surface area (Å²) in [6, 6.07) is 3.58. The van der Waals surface area contributed by atoms with E-state index < -0.39 is 5.97 Å². The van der Waals surface area contributed by atoms with Crippen molar-refractivity contribution in [3.8, 4) is 5.88 Å². The molecular weight excluding hydrogens is 272 g/mol. The topological polar surface area (TPSA) is 97.2 Å². The number of ether oxygens (including phenoxy) is 1. The van der Waals surface area contributed by atoms with Gasteiger partial charge in [-0.1, -0.05) is 0 Å². The van der Waals surface area contributed by atoms with Crippen molar-refractivity contribution in [2.24, 2.45) is 0 Å². The second-order valence-electron chi connectivity index (χ2n) is 4.50. The molecule has 0 saturated carbocycles. The monoisotopic (exact) mass is 288 g/mol. The van der Waals surface area contributed by atoms with Crippen LogP contribution < -0.4 is 10.1 Å². The summed E-state index contributed by atoms with van der Waals surface area (Å²) in [4.78, 5) is 15.4. The van der Waals surface area contributed by atoms with Crippen LogP contribution in [0.3, 0.4) is 0 Å². The standard InChI is InChI=1S/C14H16N4O3/c1-8-9(2)17-18-13(12(8)14(19)20)16-7-10-4-5-15-11(6-10)21-3/h4-6H,7H2,1-3H3,(H,16,18)(H,19,20). The quantitative estimate of drug-likeness (QED) is 0.865. The number of anilines is 1. The molecule has 0 spiro atoms. The van der Waals surface area contributed by atoms with Crippen molar-refractivity contribution >= 4 is 11.8 Å². The van der Waals surface area contributed by atoms with Gasteiger partial charge in [0.15, 0.2) is 5.82 Å². The van der Waals surface area contributed by atoms with Crippen LogP contribution in [0.2, 0.25) is 0 Å². The Labute approximate surface area is 122 Å². The Kier molecular flexibility index (Phi) is 4.32. The molecule has 0 aliphatic carbocycles. The number of nitrogens with zero attached hydrogens (tertiary/aromatic N) is 3. The maximum Gasteiger partial charge on any atom is 0.339 e. The normalized spacial score (nSPS) is 10.2. The number of rotatable bonds is 5. The van der Waals surface area contributed by atoms with E-state index in [-0.39, 0.29) is 11.4 Å². The first-order valence-corrected chi connectivity index (χ1v) is 6.33. The molecule has 0 aliphatic rings. The van der Waals surface area contributed by atoms with Gasteiger partial charge in [-0.05, 0) is 31.0 Å². The summed E-state index contributed by atoms with van der Waals surface area (Å²) in [5, 5.41) is 20.2. The summed E-state index contributed by atoms with van der Waals surface area (Å²) in [6.07, 6.45) is 1.63. The summed E-state index contributed by atoms with van der Waals surface area (Å²) < 4.78 is 5.04. The highest BCUT2D eigenvalue weighted by Crippen LogP contribution is 2.19. The first kappa shape index (κ1) is 14.7. The van der Waals surface area contributed by atoms with E-state index in [1.165, 1.54) is 7.11 Å². The Morgan fingerprint density at radius 2 is 2.14 bits per heavy atom. The Morgan fingerprint density at radius 1 is 1.38 bits per heavy atom. The highest BCUT2D eigenvalue weighted by Gasteiger charge is 2.17. The average molecular weight is 288 g/mol. The van der Waals surface area contributed by atoms with Crippen LogP contribution in [0.25, 0.3) is 0 Å². The lowest BCUT2D eigenvalue weighted by Crippen LogP contribution is -2.13. The van der Waals surface area contributed by atoms with Crippen LogP contribution in [0.15, 0.2) is 18.3 Å². The van der Waals surface area contributed by atoms with Gasteiger partial charge in [-0.15, -0.1) is 5.10 Å². The molecule has 0 bridgehead atoms. The first-order valence-electron chi connectivity index (χ1n) is 6.33. The number of aryl methyl sites for hydroxylation is 1. The van der Waals surface area contributed by atoms with Gasteiger partial charge in [0, 0.05) is 18.8 Å². The Morgan fingerprint density at radius 3 is 2.81 bits per heavy atom. The Hall–Kier alpha value is -2.70. The number of carboxylic acids is 1. The third kappa shape index (κ3) is 3.25. The molecule has 2 aromatic rings. The molecule has 7 nitrogen and oxygen atoms in total. The van der Waals surface area contributed by atoms with Crippen LogP contribution in [0.4, 0.5) is 5.82 Å². The van der Waals surface area contributed by atoms with Gasteiger partial charge < -0.3 is 15.2 Å². The van der Waals surface area contributed by atoms with Gasteiger partial charge in [-0.3, -0.25) is 0 Å². The second kappa shape index (κ2) is 6.17. The van der Waals surface area contributed by atoms with Crippen molar-refractivity contribution in [1.82, 2.24) is 15.2 Å². The molecule has 0 fully saturated rings. The smallest absolute Gasteiger partial charge is 0.339 e. The summed E-state index contributed by atoms with van der Waals surface area (Å²) in [7, 11) is 1.54. The van der Waals surface area contributed by atoms with Crippen molar-refractivity contribution < 1.29 is 14.6 Å². The highest BCUT2D eigenvalue weighted by atomic mass is 16.5. The molecule has 0 amide bonds. The van der Waals surface area contributed by atoms with E-state index in [0.29, 0.717) is 23.7 Å². The fourth-order valence-electron chi connectivity index (χ4n) is 1.85. The van der Waals surface area contributed by atoms with Crippen molar-refractivity contribution in [2.45, 2.75) is 20.4 Å². The molecular formula is C14H16N4O3. The molecule has 0 aromatic carbocycles. The Balaban J connectivity index is 2.24. The number of aromatic carboxylic acids is 1. The molecule has 0 radical (unpaired) electrons. The molecule has 2 rings (SSSR count). The highest BCUT2D eigenvalue weighted by molar-refractivity contribution is 5.94. The van der Waals surface area contributed by atoms with Crippen LogP contribution in [0.1, 0.15) is 27.2 Å². The third-order valence-corrected chi connectivity index (χ3v) is 3.14. The van der Waals surface area contributed by atoms with E-state index in [0.717, 1.165) is 5.56 Å². The molecule has 0 aliphatic heterocycles. The van der Waals surface area contributed by atoms with Crippen molar-refractivity contribution in [3.63, 3.8) is 0 Å². The zero-order valence-electron chi connectivity index (χ0n) is 12.0. The average Bonchev–Trinajstić information content (AvgIpc) is 2.48. The summed E-state index contributed by atoms with van der Waals surface area (Å²) in [6.45, 7) is 3.84. The number of nitrogens with one attached hydrogen (secondary N) is 1. The van der Waals surface area contributed by atoms with Gasteiger partial charge in [0.2, 0.25) is 5.88 Å². The molecule has 0 unspecified atom stereocenters. The van der Waals surface area contributed by atoms with Gasteiger partial charge in [0.25, 0.3) is 0 Å². The van der Waals surface area contributed by atoms with Crippen LogP contribution in [0, 0.1) is 13.8 Å². The maximum absolute atomic E-state index is 11.4. The van der Waals surface area contributed by atoms with Gasteiger partial charge in [0.1, 0.15) is 5.56 Å². The van der Waals surface area contributed by atoms with Crippen LogP contribution in [-0.4, -0.2) is 33.4 Å². The van der Waals surface area contributed by atoms with Gasteiger partial charge in [-0.25, -0.2) is 9.78 Å². The predicted octanol–water partition coefficient (Wildman–Crippen LogP) is 1.81. The van der Waals surface area contributed by atoms with Gasteiger partial charge in [0.05, 0.1) is 12.8 Å². The fraction of sp³-hybridized carbons (Fsp3) is 0.286. The minimum atomic E-state index is -1.03. The van der Waals surface area contributed by atoms with E-state index in [4.69, 9.17) is 4.74 Å². The molecule has 2 N–H and O–H groups in total. The lowest BCUT2D eigenvalue weighted by atomic mass is 10.1. The zero-order chi connectivity index (χ0) is 15.4. The maximum atomic E-state index is 11.4. The molecule has 7 heteroatoms. The molecule has 2 aromatic heterocycles. The fourth-order valence-corrected chi connectivity index (χ4v) is 1.85. The zero-order valence-corrected chi connectivity index (χ0v) is 12.0. The van der Waals surface area contributed by atoms with Crippen LogP contribution in [0.5, 0.6) is 5.88 Å². The summed E-state index contributed by atoms with van der Waals surface area (Å²) in [5.41, 5.74) is 2.25. The van der Waals surface area contributed by atoms with E-state index in [1.54, 1.807) is 26.1 Å². The molecule has 21 heavy (non-hydrogen) atoms. The minimum absolute atomic E-state index is 0.142. The number of carboxylic acid groups (broad SMARTS) is 1. The largest absolute Gasteiger partial charge is 0.481 e. The lowest BCUT2D eigenvalue weighted by Gasteiger charge is -2.11. The van der Waals surface area contributed by atoms with Gasteiger partial charge >= 0.3 is 5.97 Å². The molecule has 0 atom stereocenters. The predicted molar refractivity (Wildman–Crippen MR) is 76.6 cm³/mol. The lowest BCUT2D eigenvalue weighted by molar-refractivity contribution is 0.0696. The summed E-state index contributed by atoms with van der Waals surface area (Å²) in [5.74, 6) is -0.277. The van der Waals surface area contributed by atoms with Crippen molar-refractivity contribution in [2.75, 3.05) is 12.4 Å². The summed E-state index contributed by atoms with van der Waals surface area (Å²) >= 11 is 0. The number of pyridine rings is 1. The van der Waals surface area contributed by atoms with Crippen molar-refractivity contribution in [1.29, 1.82) is 0 Å². The van der Waals surface area contributed by atoms with E-state index in [2.05, 4.69) is 20.5 Å². The number of hydrogen-bond acceptors (Lipinski definition) is 6. The molecule has 110 valence electrons. The third-order valence-electron chi connectivity index (χ3n) is 3.14. The first-order chi connectivity index (χ1) is 10.0. The van der Waals surface area contributed by atoms with Crippen LogP contribution >= 0.6 is 0 Å². The van der Waals surface area contributed by atoms with E-state index in [1.807, 2.05) is 6.07 Å². The van der Waals surface area contributed by atoms with Crippen LogP contribution in [-0.2, 0) is 6.54 Å².